The average molecular weight is 274 g/mol. The maximum atomic E-state index is 3.53. The van der Waals surface area contributed by atoms with Crippen molar-refractivity contribution in [1.29, 1.82) is 0 Å². The van der Waals surface area contributed by atoms with E-state index in [0.717, 1.165) is 17.9 Å². The van der Waals surface area contributed by atoms with Crippen LogP contribution in [0, 0.1) is 11.8 Å². The summed E-state index contributed by atoms with van der Waals surface area (Å²) in [6.07, 6.45) is 8.68. The van der Waals surface area contributed by atoms with Crippen LogP contribution in [-0.2, 0) is 0 Å². The lowest BCUT2D eigenvalue weighted by molar-refractivity contribution is 0.234. The minimum atomic E-state index is 0.893. The van der Waals surface area contributed by atoms with Crippen LogP contribution in [0.3, 0.4) is 0 Å². The van der Waals surface area contributed by atoms with Gasteiger partial charge in [0.25, 0.3) is 0 Å². The maximum absolute atomic E-state index is 3.53. The summed E-state index contributed by atoms with van der Waals surface area (Å²) in [5, 5.41) is 1.17. The van der Waals surface area contributed by atoms with Crippen LogP contribution >= 0.6 is 15.9 Å². The van der Waals surface area contributed by atoms with Gasteiger partial charge in [-0.2, -0.15) is 0 Å². The summed E-state index contributed by atoms with van der Waals surface area (Å²) in [7, 11) is 0. The smallest absolute Gasteiger partial charge is 0.00965 e. The van der Waals surface area contributed by atoms with Crippen molar-refractivity contribution in [1.82, 2.24) is 4.90 Å². The number of hydrogen-bond acceptors (Lipinski definition) is 1. The lowest BCUT2D eigenvalue weighted by Crippen LogP contribution is -2.30. The Morgan fingerprint density at radius 3 is 2.47 bits per heavy atom. The molecule has 0 amide bonds. The fourth-order valence-corrected chi connectivity index (χ4v) is 2.99. The summed E-state index contributed by atoms with van der Waals surface area (Å²) < 4.78 is 0. The van der Waals surface area contributed by atoms with E-state index >= 15 is 0 Å². The Morgan fingerprint density at radius 1 is 1.20 bits per heavy atom. The monoisotopic (exact) mass is 273 g/mol. The fourth-order valence-electron chi connectivity index (χ4n) is 2.21. The molecular weight excluding hydrogens is 250 g/mol. The van der Waals surface area contributed by atoms with Crippen molar-refractivity contribution in [2.75, 3.05) is 18.4 Å². The SMILES string of the molecule is CC(CCBr)CCN(CC1CC1)C1CC1. The summed E-state index contributed by atoms with van der Waals surface area (Å²) >= 11 is 3.53. The zero-order valence-electron chi connectivity index (χ0n) is 9.92. The van der Waals surface area contributed by atoms with E-state index in [1.54, 1.807) is 0 Å². The highest BCUT2D eigenvalue weighted by Crippen LogP contribution is 2.35. The molecule has 88 valence electrons. The van der Waals surface area contributed by atoms with Gasteiger partial charge in [-0.05, 0) is 56.9 Å². The Kier molecular flexibility index (Phi) is 4.51. The first-order chi connectivity index (χ1) is 7.29. The summed E-state index contributed by atoms with van der Waals surface area (Å²) in [4.78, 5) is 2.78. The Labute approximate surface area is 103 Å². The average Bonchev–Trinajstić information content (AvgIpc) is 3.02. The molecule has 0 N–H and O–H groups in total. The van der Waals surface area contributed by atoms with Gasteiger partial charge in [0.15, 0.2) is 0 Å². The van der Waals surface area contributed by atoms with Gasteiger partial charge in [0, 0.05) is 17.9 Å². The number of rotatable bonds is 8. The molecule has 1 nitrogen and oxygen atoms in total. The zero-order valence-corrected chi connectivity index (χ0v) is 11.5. The van der Waals surface area contributed by atoms with Crippen LogP contribution in [0.15, 0.2) is 0 Å². The van der Waals surface area contributed by atoms with Crippen LogP contribution in [0.4, 0.5) is 0 Å². The Balaban J connectivity index is 1.64. The van der Waals surface area contributed by atoms with Gasteiger partial charge in [-0.15, -0.1) is 0 Å². The molecule has 0 heterocycles. The third kappa shape index (κ3) is 4.44. The molecule has 2 aliphatic carbocycles. The first-order valence-electron chi connectivity index (χ1n) is 6.59. The second-order valence-corrected chi connectivity index (χ2v) is 6.33. The molecule has 2 saturated carbocycles. The highest BCUT2D eigenvalue weighted by atomic mass is 79.9. The molecule has 2 heteroatoms. The van der Waals surface area contributed by atoms with Gasteiger partial charge < -0.3 is 4.90 Å². The first-order valence-corrected chi connectivity index (χ1v) is 7.71. The zero-order chi connectivity index (χ0) is 10.7. The molecule has 0 spiro atoms. The van der Waals surface area contributed by atoms with Crippen LogP contribution in [-0.4, -0.2) is 29.4 Å². The molecule has 0 aromatic carbocycles. The quantitative estimate of drug-likeness (QED) is 0.610. The van der Waals surface area contributed by atoms with Gasteiger partial charge in [0.05, 0.1) is 0 Å². The summed E-state index contributed by atoms with van der Waals surface area (Å²) in [6.45, 7) is 5.16. The van der Waals surface area contributed by atoms with E-state index in [4.69, 9.17) is 0 Å². The Bertz CT molecular complexity index is 187. The van der Waals surface area contributed by atoms with Crippen LogP contribution in [0.1, 0.15) is 45.4 Å². The number of alkyl halides is 1. The van der Waals surface area contributed by atoms with Crippen LogP contribution in [0.25, 0.3) is 0 Å². The normalized spacial score (nSPS) is 23.4. The lowest BCUT2D eigenvalue weighted by atomic mass is 10.0. The highest BCUT2D eigenvalue weighted by molar-refractivity contribution is 9.09. The van der Waals surface area contributed by atoms with E-state index in [1.807, 2.05) is 0 Å². The van der Waals surface area contributed by atoms with Gasteiger partial charge in [0.1, 0.15) is 0 Å². The molecule has 0 aromatic rings. The number of hydrogen-bond donors (Lipinski definition) is 0. The predicted octanol–water partition coefficient (Wildman–Crippen LogP) is 3.67. The predicted molar refractivity (Wildman–Crippen MR) is 69.5 cm³/mol. The largest absolute Gasteiger partial charge is 0.300 e. The van der Waals surface area contributed by atoms with Crippen molar-refractivity contribution in [2.45, 2.75) is 51.5 Å². The number of nitrogens with zero attached hydrogens (tertiary/aromatic N) is 1. The summed E-state index contributed by atoms with van der Waals surface area (Å²) in [5.41, 5.74) is 0. The number of halogens is 1. The van der Waals surface area contributed by atoms with Crippen molar-refractivity contribution in [2.24, 2.45) is 11.8 Å². The van der Waals surface area contributed by atoms with Crippen LogP contribution < -0.4 is 0 Å². The van der Waals surface area contributed by atoms with E-state index in [2.05, 4.69) is 27.8 Å². The molecule has 2 fully saturated rings. The molecule has 0 radical (unpaired) electrons. The van der Waals surface area contributed by atoms with Gasteiger partial charge >= 0.3 is 0 Å². The highest BCUT2D eigenvalue weighted by Gasteiger charge is 2.33. The molecule has 2 rings (SSSR count). The van der Waals surface area contributed by atoms with E-state index in [0.29, 0.717) is 0 Å². The molecule has 1 atom stereocenters. The molecule has 15 heavy (non-hydrogen) atoms. The minimum Gasteiger partial charge on any atom is -0.300 e. The summed E-state index contributed by atoms with van der Waals surface area (Å²) in [5.74, 6) is 1.96. The third-order valence-electron chi connectivity index (χ3n) is 3.76. The molecule has 1 unspecified atom stereocenters. The minimum absolute atomic E-state index is 0.893. The second kappa shape index (κ2) is 5.67. The van der Waals surface area contributed by atoms with E-state index in [-0.39, 0.29) is 0 Å². The van der Waals surface area contributed by atoms with Gasteiger partial charge in [-0.25, -0.2) is 0 Å². The standard InChI is InChI=1S/C13H24BrN/c1-11(6-8-14)7-9-15(13-4-5-13)10-12-2-3-12/h11-13H,2-10H2,1H3. The fraction of sp³-hybridized carbons (Fsp3) is 1.00. The van der Waals surface area contributed by atoms with Gasteiger partial charge in [-0.3, -0.25) is 0 Å². The van der Waals surface area contributed by atoms with Crippen molar-refractivity contribution in [3.8, 4) is 0 Å². The maximum Gasteiger partial charge on any atom is 0.00965 e. The second-order valence-electron chi connectivity index (χ2n) is 5.54. The lowest BCUT2D eigenvalue weighted by Gasteiger charge is -2.23. The molecule has 0 bridgehead atoms. The van der Waals surface area contributed by atoms with Crippen molar-refractivity contribution in [3.63, 3.8) is 0 Å². The van der Waals surface area contributed by atoms with E-state index < -0.39 is 0 Å². The van der Waals surface area contributed by atoms with Crippen LogP contribution in [0.2, 0.25) is 0 Å². The van der Waals surface area contributed by atoms with Crippen molar-refractivity contribution >= 4 is 15.9 Å². The van der Waals surface area contributed by atoms with E-state index in [1.165, 1.54) is 56.9 Å². The Morgan fingerprint density at radius 2 is 1.93 bits per heavy atom. The molecule has 2 aliphatic rings. The van der Waals surface area contributed by atoms with Crippen molar-refractivity contribution < 1.29 is 0 Å². The first kappa shape index (κ1) is 11.9. The van der Waals surface area contributed by atoms with Gasteiger partial charge in [-0.1, -0.05) is 22.9 Å². The van der Waals surface area contributed by atoms with Gasteiger partial charge in [0.2, 0.25) is 0 Å². The summed E-state index contributed by atoms with van der Waals surface area (Å²) in [6, 6.07) is 0.974. The Hall–Kier alpha value is 0.440. The van der Waals surface area contributed by atoms with Crippen LogP contribution in [0.5, 0.6) is 0 Å². The molecular formula is C13H24BrN. The van der Waals surface area contributed by atoms with E-state index in [9.17, 15) is 0 Å². The molecule has 0 aliphatic heterocycles. The third-order valence-corrected chi connectivity index (χ3v) is 4.22. The topological polar surface area (TPSA) is 3.24 Å². The molecule has 0 aromatic heterocycles. The molecule has 0 saturated heterocycles. The van der Waals surface area contributed by atoms with Crippen molar-refractivity contribution in [3.05, 3.63) is 0 Å².